The first-order chi connectivity index (χ1) is 14.5. The minimum Gasteiger partial charge on any atom is -0.324 e. The highest BCUT2D eigenvalue weighted by Crippen LogP contribution is 2.35. The molecule has 0 unspecified atom stereocenters. The highest BCUT2D eigenvalue weighted by molar-refractivity contribution is 7.91. The Morgan fingerprint density at radius 1 is 1.06 bits per heavy atom. The molecule has 168 valence electrons. The second-order valence-electron chi connectivity index (χ2n) is 7.14. The first kappa shape index (κ1) is 23.1. The van der Waals surface area contributed by atoms with Gasteiger partial charge in [-0.3, -0.25) is 9.69 Å². The van der Waals surface area contributed by atoms with E-state index in [2.05, 4.69) is 5.32 Å². The van der Waals surface area contributed by atoms with Gasteiger partial charge in [-0.25, -0.2) is 8.42 Å². The third kappa shape index (κ3) is 5.59. The van der Waals surface area contributed by atoms with Gasteiger partial charge in [0.2, 0.25) is 15.7 Å². The summed E-state index contributed by atoms with van der Waals surface area (Å²) in [7, 11) is -4.94. The van der Waals surface area contributed by atoms with Crippen molar-refractivity contribution < 1.29 is 35.2 Å². The van der Waals surface area contributed by atoms with Crippen LogP contribution in [0, 0.1) is 0 Å². The Bertz CT molecular complexity index is 1050. The Kier molecular flexibility index (Phi) is 6.65. The summed E-state index contributed by atoms with van der Waals surface area (Å²) < 4.78 is 89.3. The Morgan fingerprint density at radius 3 is 2.29 bits per heavy atom. The quantitative estimate of drug-likeness (QED) is 0.594. The standard InChI is InChI=1S/C20H19F5N2O3S/c21-19(22)31(29,30)17-8-4-3-7-16(17)26-18(28)12-27(14-9-10-14)11-13-5-1-2-6-15(13)20(23,24)25/h1-8,14,19H,9-12H2,(H,26,28). The van der Waals surface area contributed by atoms with Gasteiger partial charge in [-0.1, -0.05) is 30.3 Å². The number of hydrogen-bond acceptors (Lipinski definition) is 4. The molecule has 1 aliphatic rings. The van der Waals surface area contributed by atoms with E-state index in [1.165, 1.54) is 36.4 Å². The normalized spacial score (nSPS) is 14.8. The lowest BCUT2D eigenvalue weighted by Gasteiger charge is -2.23. The van der Waals surface area contributed by atoms with Crippen LogP contribution in [-0.2, 0) is 27.4 Å². The summed E-state index contributed by atoms with van der Waals surface area (Å²) in [5.74, 6) is -4.37. The topological polar surface area (TPSA) is 66.5 Å². The SMILES string of the molecule is O=C(CN(Cc1ccccc1C(F)(F)F)C1CC1)Nc1ccccc1S(=O)(=O)C(F)F. The molecule has 2 aromatic carbocycles. The van der Waals surface area contributed by atoms with Crippen LogP contribution < -0.4 is 5.32 Å². The van der Waals surface area contributed by atoms with Gasteiger partial charge in [0, 0.05) is 12.6 Å². The summed E-state index contributed by atoms with van der Waals surface area (Å²) in [6.45, 7) is -0.454. The second kappa shape index (κ2) is 8.91. The van der Waals surface area contributed by atoms with Crippen molar-refractivity contribution in [1.82, 2.24) is 4.90 Å². The van der Waals surface area contributed by atoms with E-state index in [-0.39, 0.29) is 30.4 Å². The lowest BCUT2D eigenvalue weighted by atomic mass is 10.1. The van der Waals surface area contributed by atoms with E-state index in [4.69, 9.17) is 0 Å². The van der Waals surface area contributed by atoms with Gasteiger partial charge in [0.15, 0.2) is 0 Å². The number of carbonyl (C=O) groups is 1. The van der Waals surface area contributed by atoms with Gasteiger partial charge in [0.25, 0.3) is 0 Å². The molecule has 3 rings (SSSR count). The van der Waals surface area contributed by atoms with Crippen molar-refractivity contribution in [1.29, 1.82) is 0 Å². The molecule has 31 heavy (non-hydrogen) atoms. The molecule has 0 aromatic heterocycles. The van der Waals surface area contributed by atoms with Crippen LogP contribution in [0.5, 0.6) is 0 Å². The number of alkyl halides is 5. The number of benzene rings is 2. The predicted octanol–water partition coefficient (Wildman–Crippen LogP) is 4.30. The van der Waals surface area contributed by atoms with E-state index in [1.807, 2.05) is 0 Å². The number of anilines is 1. The lowest BCUT2D eigenvalue weighted by molar-refractivity contribution is -0.138. The lowest BCUT2D eigenvalue weighted by Crippen LogP contribution is -2.35. The van der Waals surface area contributed by atoms with Gasteiger partial charge in [-0.05, 0) is 36.6 Å². The molecule has 1 saturated carbocycles. The van der Waals surface area contributed by atoms with Crippen molar-refractivity contribution in [2.45, 2.75) is 42.3 Å². The summed E-state index contributed by atoms with van der Waals surface area (Å²) >= 11 is 0. The van der Waals surface area contributed by atoms with Gasteiger partial charge in [0.05, 0.1) is 22.7 Å². The zero-order valence-electron chi connectivity index (χ0n) is 16.1. The van der Waals surface area contributed by atoms with Crippen molar-refractivity contribution in [3.63, 3.8) is 0 Å². The van der Waals surface area contributed by atoms with Gasteiger partial charge < -0.3 is 5.32 Å². The maximum absolute atomic E-state index is 13.3. The van der Waals surface area contributed by atoms with E-state index >= 15 is 0 Å². The van der Waals surface area contributed by atoms with Crippen LogP contribution >= 0.6 is 0 Å². The molecular weight excluding hydrogens is 443 g/mol. The van der Waals surface area contributed by atoms with E-state index in [9.17, 15) is 35.2 Å². The summed E-state index contributed by atoms with van der Waals surface area (Å²) in [5, 5.41) is 2.30. The highest BCUT2D eigenvalue weighted by atomic mass is 32.2. The van der Waals surface area contributed by atoms with Crippen LogP contribution in [0.2, 0.25) is 0 Å². The zero-order valence-corrected chi connectivity index (χ0v) is 16.9. The van der Waals surface area contributed by atoms with E-state index in [0.717, 1.165) is 12.1 Å². The molecule has 1 aliphatic carbocycles. The summed E-state index contributed by atoms with van der Waals surface area (Å²) in [6.07, 6.45) is -3.13. The highest BCUT2D eigenvalue weighted by Gasteiger charge is 2.36. The van der Waals surface area contributed by atoms with Crippen LogP contribution in [0.25, 0.3) is 0 Å². The third-order valence-electron chi connectivity index (χ3n) is 4.81. The van der Waals surface area contributed by atoms with Crippen LogP contribution in [-0.4, -0.2) is 37.6 Å². The smallest absolute Gasteiger partial charge is 0.324 e. The Hall–Kier alpha value is -2.53. The number of hydrogen-bond donors (Lipinski definition) is 1. The largest absolute Gasteiger partial charge is 0.416 e. The van der Waals surface area contributed by atoms with Gasteiger partial charge in [-0.15, -0.1) is 0 Å². The van der Waals surface area contributed by atoms with E-state index in [0.29, 0.717) is 12.8 Å². The maximum atomic E-state index is 13.3. The fraction of sp³-hybridized carbons (Fsp3) is 0.350. The number of halogens is 5. The van der Waals surface area contributed by atoms with Crippen LogP contribution in [0.3, 0.4) is 0 Å². The van der Waals surface area contributed by atoms with Crippen molar-refractivity contribution in [2.75, 3.05) is 11.9 Å². The average molecular weight is 462 g/mol. The number of sulfone groups is 1. The van der Waals surface area contributed by atoms with Gasteiger partial charge in [0.1, 0.15) is 0 Å². The number of nitrogens with zero attached hydrogens (tertiary/aromatic N) is 1. The van der Waals surface area contributed by atoms with Crippen LogP contribution in [0.4, 0.5) is 27.6 Å². The molecule has 1 N–H and O–H groups in total. The minimum atomic E-state index is -4.94. The van der Waals surface area contributed by atoms with Gasteiger partial charge in [-0.2, -0.15) is 22.0 Å². The fourth-order valence-corrected chi connectivity index (χ4v) is 4.08. The molecule has 0 heterocycles. The molecule has 5 nitrogen and oxygen atoms in total. The molecule has 0 aliphatic heterocycles. The number of para-hydroxylation sites is 1. The third-order valence-corrected chi connectivity index (χ3v) is 6.25. The number of nitrogens with one attached hydrogen (secondary N) is 1. The second-order valence-corrected chi connectivity index (χ2v) is 9.03. The zero-order chi connectivity index (χ0) is 22.8. The first-order valence-corrected chi connectivity index (χ1v) is 10.8. The molecule has 0 saturated heterocycles. The average Bonchev–Trinajstić information content (AvgIpc) is 3.52. The van der Waals surface area contributed by atoms with Crippen molar-refractivity contribution >= 4 is 21.4 Å². The van der Waals surface area contributed by atoms with E-state index in [1.54, 1.807) is 4.90 Å². The molecule has 0 bridgehead atoms. The molecule has 11 heteroatoms. The Morgan fingerprint density at radius 2 is 1.68 bits per heavy atom. The molecule has 0 spiro atoms. The molecular formula is C20H19F5N2O3S. The summed E-state index contributed by atoms with van der Waals surface area (Å²) in [5.41, 5.74) is -1.09. The molecule has 1 fully saturated rings. The van der Waals surface area contributed by atoms with Gasteiger partial charge >= 0.3 is 11.9 Å². The molecule has 1 amide bonds. The monoisotopic (exact) mass is 462 g/mol. The fourth-order valence-electron chi connectivity index (χ4n) is 3.20. The molecule has 0 radical (unpaired) electrons. The predicted molar refractivity (Wildman–Crippen MR) is 103 cm³/mol. The number of carbonyl (C=O) groups excluding carboxylic acids is 1. The first-order valence-electron chi connectivity index (χ1n) is 9.30. The number of amides is 1. The number of rotatable bonds is 8. The van der Waals surface area contributed by atoms with Crippen molar-refractivity contribution in [2.24, 2.45) is 0 Å². The summed E-state index contributed by atoms with van der Waals surface area (Å²) in [6, 6.07) is 9.71. The van der Waals surface area contributed by atoms with Crippen molar-refractivity contribution in [3.8, 4) is 0 Å². The van der Waals surface area contributed by atoms with E-state index < -0.39 is 38.1 Å². The molecule has 0 atom stereocenters. The maximum Gasteiger partial charge on any atom is 0.416 e. The minimum absolute atomic E-state index is 0.00961. The Balaban J connectivity index is 1.78. The van der Waals surface area contributed by atoms with Crippen molar-refractivity contribution in [3.05, 3.63) is 59.7 Å². The van der Waals surface area contributed by atoms with Crippen LogP contribution in [0.1, 0.15) is 24.0 Å². The van der Waals surface area contributed by atoms with Crippen LogP contribution in [0.15, 0.2) is 53.4 Å². The molecule has 2 aromatic rings. The summed E-state index contributed by atoms with van der Waals surface area (Å²) in [4.78, 5) is 13.4. The Labute approximate surface area is 175 Å².